The largest absolute Gasteiger partial charge is 0.444 e. The number of rotatable bonds is 8. The zero-order valence-electron chi connectivity index (χ0n) is 28.4. The van der Waals surface area contributed by atoms with Gasteiger partial charge in [0.25, 0.3) is 5.91 Å². The fourth-order valence-electron chi connectivity index (χ4n) is 6.07. The molecule has 11 nitrogen and oxygen atoms in total. The Bertz CT molecular complexity index is 1670. The Hall–Kier alpha value is -3.88. The predicted molar refractivity (Wildman–Crippen MR) is 181 cm³/mol. The van der Waals surface area contributed by atoms with Gasteiger partial charge in [-0.25, -0.2) is 18.6 Å². The summed E-state index contributed by atoms with van der Waals surface area (Å²) < 4.78 is 40.7. The van der Waals surface area contributed by atoms with Gasteiger partial charge in [0.05, 0.1) is 34.3 Å². The Kier molecular flexibility index (Phi) is 10.0. The number of piperidine rings is 1. The van der Waals surface area contributed by atoms with E-state index in [1.807, 2.05) is 27.7 Å². The van der Waals surface area contributed by atoms with E-state index in [1.54, 1.807) is 27.0 Å². The van der Waals surface area contributed by atoms with Gasteiger partial charge in [-0.15, -0.1) is 0 Å². The highest BCUT2D eigenvalue weighted by molar-refractivity contribution is 7.19. The molecule has 2 unspecified atom stereocenters. The van der Waals surface area contributed by atoms with Gasteiger partial charge in [-0.2, -0.15) is 0 Å². The maximum Gasteiger partial charge on any atom is 0.408 e. The number of thiazole rings is 1. The first-order valence-corrected chi connectivity index (χ1v) is 16.9. The lowest BCUT2D eigenvalue weighted by atomic mass is 9.90. The fraction of sp³-hybridized carbons (Fsp3) is 0.529. The van der Waals surface area contributed by atoms with E-state index >= 15 is 0 Å². The quantitative estimate of drug-likeness (QED) is 0.193. The number of pyridine rings is 1. The van der Waals surface area contributed by atoms with Crippen LogP contribution in [0.15, 0.2) is 24.4 Å². The maximum atomic E-state index is 14.8. The number of nitrogens with one attached hydrogen (secondary N) is 3. The molecule has 1 fully saturated rings. The van der Waals surface area contributed by atoms with E-state index in [9.17, 15) is 23.5 Å². The number of amides is 2. The van der Waals surface area contributed by atoms with Gasteiger partial charge < -0.3 is 35.4 Å². The average molecular weight is 687 g/mol. The monoisotopic (exact) mass is 686 g/mol. The van der Waals surface area contributed by atoms with Gasteiger partial charge >= 0.3 is 6.09 Å². The molecule has 0 spiro atoms. The van der Waals surface area contributed by atoms with Crippen molar-refractivity contribution < 1.29 is 33.0 Å². The van der Waals surface area contributed by atoms with Crippen LogP contribution in [0.25, 0.3) is 10.6 Å². The summed E-state index contributed by atoms with van der Waals surface area (Å²) in [6.07, 6.45) is 3.57. The van der Waals surface area contributed by atoms with Crippen LogP contribution in [0.5, 0.6) is 0 Å². The molecule has 4 N–H and O–H groups in total. The van der Waals surface area contributed by atoms with E-state index in [0.717, 1.165) is 72.5 Å². The molecule has 0 saturated carbocycles. The molecule has 48 heavy (non-hydrogen) atoms. The number of alkyl carbamates (subject to hydrolysis) is 1. The smallest absolute Gasteiger partial charge is 0.408 e. The van der Waals surface area contributed by atoms with Gasteiger partial charge in [-0.1, -0.05) is 17.4 Å². The van der Waals surface area contributed by atoms with Crippen molar-refractivity contribution in [1.29, 1.82) is 0 Å². The predicted octanol–water partition coefficient (Wildman–Crippen LogP) is 6.61. The first-order chi connectivity index (χ1) is 22.4. The molecule has 260 valence electrons. The summed E-state index contributed by atoms with van der Waals surface area (Å²) in [6.45, 7) is 13.8. The molecule has 2 aromatic heterocycles. The van der Waals surface area contributed by atoms with Crippen molar-refractivity contribution >= 4 is 39.7 Å². The summed E-state index contributed by atoms with van der Waals surface area (Å²) in [7, 11) is 0. The molecule has 0 bridgehead atoms. The Balaban J connectivity index is 1.48. The number of nitrogens with zero attached hydrogens (tertiary/aromatic N) is 3. The van der Waals surface area contributed by atoms with E-state index in [4.69, 9.17) is 9.47 Å². The van der Waals surface area contributed by atoms with Gasteiger partial charge in [0.1, 0.15) is 27.2 Å². The van der Waals surface area contributed by atoms with E-state index in [0.29, 0.717) is 18.8 Å². The van der Waals surface area contributed by atoms with Gasteiger partial charge in [-0.05, 0) is 98.3 Å². The number of aliphatic hydroxyl groups is 1. The van der Waals surface area contributed by atoms with E-state index in [-0.39, 0.29) is 21.3 Å². The summed E-state index contributed by atoms with van der Waals surface area (Å²) in [5, 5.41) is 19.3. The molecule has 14 heteroatoms. The topological polar surface area (TPSA) is 138 Å². The number of hydrogen-bond donors (Lipinski definition) is 4. The Morgan fingerprint density at radius 3 is 2.46 bits per heavy atom. The number of aryl methyl sites for hydroxylation is 1. The van der Waals surface area contributed by atoms with Gasteiger partial charge in [0.15, 0.2) is 5.69 Å². The van der Waals surface area contributed by atoms with Crippen LogP contribution in [-0.2, 0) is 22.3 Å². The highest BCUT2D eigenvalue weighted by Crippen LogP contribution is 2.40. The minimum absolute atomic E-state index is 0.0599. The third-order valence-electron chi connectivity index (χ3n) is 7.88. The Morgan fingerprint density at radius 1 is 1.08 bits per heavy atom. The molecular weight excluding hydrogens is 642 g/mol. The number of hydrogen-bond acceptors (Lipinski definition) is 10. The lowest BCUT2D eigenvalue weighted by Crippen LogP contribution is -2.57. The molecule has 1 aliphatic carbocycles. The van der Waals surface area contributed by atoms with Gasteiger partial charge in [-0.3, -0.25) is 9.78 Å². The number of halogens is 2. The molecular formula is C34H44F2N6O5S. The standard InChI is InChI=1S/C34H44F2N6O5S/c1-32(2,3)46-30(44)40-29-25(39-28(48-29)24-20(35)12-9-13-21(24)36)27(43)38-23-17-37-22-14-8-11-19(22)26(23)42-16-10-15-34(7,18-42)41-31(45)47-33(4,5)6/h9,12-13,17,30,40,44H,8,10-11,14-16,18H2,1-7H3,(H,38,43)(H,41,45). The maximum absolute atomic E-state index is 14.8. The van der Waals surface area contributed by atoms with Crippen LogP contribution >= 0.6 is 11.3 Å². The van der Waals surface area contributed by atoms with Crippen LogP contribution in [0.3, 0.4) is 0 Å². The fourth-order valence-corrected chi connectivity index (χ4v) is 7.09. The number of aliphatic hydroxyl groups excluding tert-OH is 1. The van der Waals surface area contributed by atoms with Crippen molar-refractivity contribution in [2.45, 2.75) is 104 Å². The second-order valence-electron chi connectivity index (χ2n) is 14.5. The van der Waals surface area contributed by atoms with Gasteiger partial charge in [0, 0.05) is 18.8 Å². The van der Waals surface area contributed by atoms with Crippen molar-refractivity contribution in [3.8, 4) is 10.6 Å². The minimum Gasteiger partial charge on any atom is -0.444 e. The number of benzene rings is 1. The van der Waals surface area contributed by atoms with E-state index in [2.05, 4.69) is 30.8 Å². The summed E-state index contributed by atoms with van der Waals surface area (Å²) in [5.74, 6) is -2.36. The highest BCUT2D eigenvalue weighted by Gasteiger charge is 2.37. The highest BCUT2D eigenvalue weighted by atomic mass is 32.1. The zero-order valence-corrected chi connectivity index (χ0v) is 29.2. The SMILES string of the molecule is CC1(NC(=O)OC(C)(C)C)CCCN(c2c(NC(=O)c3nc(-c4c(F)cccc4F)sc3NC(O)OC(C)(C)C)cnc3c2CCC3)C1. The first kappa shape index (κ1) is 35.4. The van der Waals surface area contributed by atoms with E-state index < -0.39 is 46.8 Å². The molecule has 1 aliphatic heterocycles. The lowest BCUT2D eigenvalue weighted by Gasteiger charge is -2.43. The van der Waals surface area contributed by atoms with Crippen LogP contribution in [-0.4, -0.2) is 63.3 Å². The lowest BCUT2D eigenvalue weighted by molar-refractivity contribution is -0.148. The second-order valence-corrected chi connectivity index (χ2v) is 15.5. The second kappa shape index (κ2) is 13.6. The number of ether oxygens (including phenoxy) is 2. The molecule has 2 amide bonds. The van der Waals surface area contributed by atoms with Crippen LogP contribution in [0.1, 0.15) is 89.5 Å². The molecule has 2 atom stereocenters. The number of carbonyl (C=O) groups is 2. The molecule has 3 aromatic rings. The Morgan fingerprint density at radius 2 is 1.79 bits per heavy atom. The van der Waals surface area contributed by atoms with E-state index in [1.165, 1.54) is 6.07 Å². The van der Waals surface area contributed by atoms with Crippen LogP contribution in [0.4, 0.5) is 30.0 Å². The van der Waals surface area contributed by atoms with Crippen LogP contribution in [0.2, 0.25) is 0 Å². The van der Waals surface area contributed by atoms with Crippen molar-refractivity contribution in [1.82, 2.24) is 15.3 Å². The molecule has 1 aromatic carbocycles. The summed E-state index contributed by atoms with van der Waals surface area (Å²) >= 11 is 0.815. The molecule has 3 heterocycles. The third kappa shape index (κ3) is 8.39. The molecule has 2 aliphatic rings. The molecule has 0 radical (unpaired) electrons. The summed E-state index contributed by atoms with van der Waals surface area (Å²) in [5.41, 5.74) is 0.651. The van der Waals surface area contributed by atoms with Gasteiger partial charge in [0.2, 0.25) is 6.41 Å². The zero-order chi connectivity index (χ0) is 35.0. The number of anilines is 3. The third-order valence-corrected chi connectivity index (χ3v) is 8.89. The van der Waals surface area contributed by atoms with Crippen LogP contribution < -0.4 is 20.9 Å². The van der Waals surface area contributed by atoms with Crippen molar-refractivity contribution in [3.05, 3.63) is 53.0 Å². The summed E-state index contributed by atoms with van der Waals surface area (Å²) in [4.78, 5) is 37.9. The van der Waals surface area contributed by atoms with Crippen molar-refractivity contribution in [3.63, 3.8) is 0 Å². The molecule has 1 saturated heterocycles. The summed E-state index contributed by atoms with van der Waals surface area (Å²) in [6, 6.07) is 3.46. The molecule has 5 rings (SSSR count). The first-order valence-electron chi connectivity index (χ1n) is 16.1. The number of aromatic nitrogens is 2. The minimum atomic E-state index is -1.55. The van der Waals surface area contributed by atoms with Crippen LogP contribution in [0, 0.1) is 11.6 Å². The average Bonchev–Trinajstić information content (AvgIpc) is 3.57. The normalized spacial score (nSPS) is 18.7. The number of carbonyl (C=O) groups excluding carboxylic acids is 2. The van der Waals surface area contributed by atoms with Crippen molar-refractivity contribution in [2.75, 3.05) is 28.6 Å². The van der Waals surface area contributed by atoms with Crippen molar-refractivity contribution in [2.24, 2.45) is 0 Å². The Labute approximate surface area is 283 Å². The number of fused-ring (bicyclic) bond motifs is 1.